The second-order valence-corrected chi connectivity index (χ2v) is 4.69. The molecule has 2 aromatic rings. The summed E-state index contributed by atoms with van der Waals surface area (Å²) in [5.74, 6) is -0.342. The molecule has 0 heterocycles. The van der Waals surface area contributed by atoms with E-state index in [9.17, 15) is 4.39 Å². The molecule has 0 radical (unpaired) electrons. The summed E-state index contributed by atoms with van der Waals surface area (Å²) in [7, 11) is 0. The number of rotatable bonds is 5. The predicted molar refractivity (Wildman–Crippen MR) is 74.2 cm³/mol. The van der Waals surface area contributed by atoms with E-state index in [1.54, 1.807) is 6.07 Å². The minimum atomic E-state index is -0.342. The fourth-order valence-electron chi connectivity index (χ4n) is 1.74. The zero-order valence-corrected chi connectivity index (χ0v) is 11.3. The molecular weight excluding hydrogens is 265 g/mol. The SMILES string of the molecule is CC(NOCc1ccccc1)c1ccc(F)cc1Cl. The Kier molecular flexibility index (Phi) is 4.91. The van der Waals surface area contributed by atoms with E-state index in [1.165, 1.54) is 12.1 Å². The van der Waals surface area contributed by atoms with Crippen molar-refractivity contribution in [2.75, 3.05) is 0 Å². The van der Waals surface area contributed by atoms with Crippen LogP contribution in [0.4, 0.5) is 4.39 Å². The average molecular weight is 280 g/mol. The first kappa shape index (κ1) is 14.0. The first-order valence-electron chi connectivity index (χ1n) is 6.03. The number of nitrogens with one attached hydrogen (secondary N) is 1. The molecule has 2 rings (SSSR count). The van der Waals surface area contributed by atoms with E-state index in [1.807, 2.05) is 37.3 Å². The van der Waals surface area contributed by atoms with Crippen molar-refractivity contribution >= 4 is 11.6 Å². The molecular formula is C15H15ClFNO. The van der Waals surface area contributed by atoms with E-state index >= 15 is 0 Å². The standard InChI is InChI=1S/C15H15ClFNO/c1-11(14-8-7-13(17)9-15(14)16)18-19-10-12-5-3-2-4-6-12/h2-9,11,18H,10H2,1H3. The van der Waals surface area contributed by atoms with Crippen molar-refractivity contribution in [3.8, 4) is 0 Å². The van der Waals surface area contributed by atoms with Gasteiger partial charge in [-0.15, -0.1) is 0 Å². The number of hydrogen-bond acceptors (Lipinski definition) is 2. The Balaban J connectivity index is 1.89. The summed E-state index contributed by atoms with van der Waals surface area (Å²) >= 11 is 5.98. The van der Waals surface area contributed by atoms with Crippen LogP contribution < -0.4 is 5.48 Å². The second-order valence-electron chi connectivity index (χ2n) is 4.28. The summed E-state index contributed by atoms with van der Waals surface area (Å²) in [4.78, 5) is 5.42. The maximum absolute atomic E-state index is 12.9. The summed E-state index contributed by atoms with van der Waals surface area (Å²) in [5.41, 5.74) is 4.78. The van der Waals surface area contributed by atoms with Crippen molar-refractivity contribution in [3.05, 3.63) is 70.5 Å². The van der Waals surface area contributed by atoms with Gasteiger partial charge in [0.15, 0.2) is 0 Å². The van der Waals surface area contributed by atoms with Crippen molar-refractivity contribution in [2.45, 2.75) is 19.6 Å². The van der Waals surface area contributed by atoms with Crippen molar-refractivity contribution in [3.63, 3.8) is 0 Å². The molecule has 19 heavy (non-hydrogen) atoms. The molecule has 2 aromatic carbocycles. The third-order valence-corrected chi connectivity index (χ3v) is 3.10. The Morgan fingerprint density at radius 2 is 1.95 bits per heavy atom. The molecule has 100 valence electrons. The molecule has 1 atom stereocenters. The zero-order chi connectivity index (χ0) is 13.7. The second kappa shape index (κ2) is 6.66. The van der Waals surface area contributed by atoms with Crippen LogP contribution >= 0.6 is 11.6 Å². The Labute approximate surface area is 117 Å². The maximum atomic E-state index is 12.9. The van der Waals surface area contributed by atoms with Crippen LogP contribution in [0.3, 0.4) is 0 Å². The molecule has 0 aliphatic carbocycles. The van der Waals surface area contributed by atoms with Crippen LogP contribution in [0.1, 0.15) is 24.1 Å². The van der Waals surface area contributed by atoms with Gasteiger partial charge in [-0.3, -0.25) is 4.84 Å². The summed E-state index contributed by atoms with van der Waals surface area (Å²) in [5, 5.41) is 0.392. The third kappa shape index (κ3) is 4.03. The van der Waals surface area contributed by atoms with Crippen LogP contribution in [0.5, 0.6) is 0 Å². The number of hydroxylamine groups is 1. The topological polar surface area (TPSA) is 21.3 Å². The van der Waals surface area contributed by atoms with E-state index in [2.05, 4.69) is 5.48 Å². The highest BCUT2D eigenvalue weighted by Gasteiger charge is 2.10. The molecule has 0 saturated carbocycles. The van der Waals surface area contributed by atoms with Crippen LogP contribution in [-0.4, -0.2) is 0 Å². The van der Waals surface area contributed by atoms with E-state index in [-0.39, 0.29) is 11.9 Å². The molecule has 2 nitrogen and oxygen atoms in total. The van der Waals surface area contributed by atoms with Crippen molar-refractivity contribution in [1.29, 1.82) is 0 Å². The Bertz CT molecular complexity index is 533. The van der Waals surface area contributed by atoms with Gasteiger partial charge in [0.25, 0.3) is 0 Å². The van der Waals surface area contributed by atoms with Crippen molar-refractivity contribution in [2.24, 2.45) is 0 Å². The van der Waals surface area contributed by atoms with Crippen molar-refractivity contribution in [1.82, 2.24) is 5.48 Å². The molecule has 0 amide bonds. The largest absolute Gasteiger partial charge is 0.296 e. The van der Waals surface area contributed by atoms with E-state index < -0.39 is 0 Å². The zero-order valence-electron chi connectivity index (χ0n) is 10.6. The Morgan fingerprint density at radius 3 is 2.63 bits per heavy atom. The molecule has 0 saturated heterocycles. The van der Waals surface area contributed by atoms with Gasteiger partial charge in [0.1, 0.15) is 5.82 Å². The fourth-order valence-corrected chi connectivity index (χ4v) is 2.07. The van der Waals surface area contributed by atoms with Gasteiger partial charge in [-0.2, -0.15) is 5.48 Å². The van der Waals surface area contributed by atoms with Crippen LogP contribution in [0.15, 0.2) is 48.5 Å². The molecule has 1 N–H and O–H groups in total. The molecule has 0 aliphatic rings. The molecule has 0 aromatic heterocycles. The van der Waals surface area contributed by atoms with Crippen LogP contribution in [-0.2, 0) is 11.4 Å². The Hall–Kier alpha value is -1.42. The predicted octanol–water partition coefficient (Wildman–Crippen LogP) is 4.26. The summed E-state index contributed by atoms with van der Waals surface area (Å²) in [6, 6.07) is 14.1. The highest BCUT2D eigenvalue weighted by Crippen LogP contribution is 2.23. The lowest BCUT2D eigenvalue weighted by Gasteiger charge is -2.15. The number of benzene rings is 2. The lowest BCUT2D eigenvalue weighted by atomic mass is 10.1. The van der Waals surface area contributed by atoms with E-state index in [0.717, 1.165) is 11.1 Å². The van der Waals surface area contributed by atoms with E-state index in [0.29, 0.717) is 11.6 Å². The van der Waals surface area contributed by atoms with E-state index in [4.69, 9.17) is 16.4 Å². The highest BCUT2D eigenvalue weighted by molar-refractivity contribution is 6.31. The van der Waals surface area contributed by atoms with Gasteiger partial charge in [0.05, 0.1) is 12.6 Å². The number of halogens is 2. The van der Waals surface area contributed by atoms with Gasteiger partial charge in [-0.1, -0.05) is 48.0 Å². The molecule has 4 heteroatoms. The third-order valence-electron chi connectivity index (χ3n) is 2.77. The van der Waals surface area contributed by atoms with Crippen molar-refractivity contribution < 1.29 is 9.23 Å². The monoisotopic (exact) mass is 279 g/mol. The summed E-state index contributed by atoms with van der Waals surface area (Å²) < 4.78 is 12.9. The molecule has 1 unspecified atom stereocenters. The van der Waals surface area contributed by atoms with Gasteiger partial charge in [0.2, 0.25) is 0 Å². The summed E-state index contributed by atoms with van der Waals surface area (Å²) in [6.45, 7) is 2.37. The average Bonchev–Trinajstić information content (AvgIpc) is 2.39. The lowest BCUT2D eigenvalue weighted by molar-refractivity contribution is 0.00699. The highest BCUT2D eigenvalue weighted by atomic mass is 35.5. The first-order valence-corrected chi connectivity index (χ1v) is 6.41. The minimum Gasteiger partial charge on any atom is -0.296 e. The van der Waals surface area contributed by atoms with Gasteiger partial charge < -0.3 is 0 Å². The fraction of sp³-hybridized carbons (Fsp3) is 0.200. The summed E-state index contributed by atoms with van der Waals surface area (Å²) in [6.07, 6.45) is 0. The normalized spacial score (nSPS) is 12.4. The number of hydrogen-bond donors (Lipinski definition) is 1. The maximum Gasteiger partial charge on any atom is 0.124 e. The first-order chi connectivity index (χ1) is 9.16. The van der Waals surface area contributed by atoms with Gasteiger partial charge in [-0.05, 0) is 30.2 Å². The molecule has 0 aliphatic heterocycles. The molecule has 0 spiro atoms. The Morgan fingerprint density at radius 1 is 1.21 bits per heavy atom. The van der Waals surface area contributed by atoms with Gasteiger partial charge in [0, 0.05) is 5.02 Å². The molecule has 0 fully saturated rings. The molecule has 0 bridgehead atoms. The quantitative estimate of drug-likeness (QED) is 0.826. The van der Waals surface area contributed by atoms with Crippen LogP contribution in [0.25, 0.3) is 0 Å². The lowest BCUT2D eigenvalue weighted by Crippen LogP contribution is -2.19. The minimum absolute atomic E-state index is 0.114. The van der Waals surface area contributed by atoms with Crippen LogP contribution in [0.2, 0.25) is 5.02 Å². The smallest absolute Gasteiger partial charge is 0.124 e. The van der Waals surface area contributed by atoms with Gasteiger partial charge >= 0.3 is 0 Å². The van der Waals surface area contributed by atoms with Gasteiger partial charge in [-0.25, -0.2) is 4.39 Å². The van der Waals surface area contributed by atoms with Crippen LogP contribution in [0, 0.1) is 5.82 Å².